The summed E-state index contributed by atoms with van der Waals surface area (Å²) in [6, 6.07) is 0. The molecule has 2 unspecified atom stereocenters. The van der Waals surface area contributed by atoms with E-state index in [9.17, 15) is 9.90 Å². The van der Waals surface area contributed by atoms with Crippen molar-refractivity contribution in [2.75, 3.05) is 13.1 Å². The summed E-state index contributed by atoms with van der Waals surface area (Å²) in [5.41, 5.74) is -0.569. The van der Waals surface area contributed by atoms with Crippen LogP contribution in [-0.4, -0.2) is 47.5 Å². The standard InChI is InChI=1S/C22H46N2O3/c1-16(25)27-18(22(10,11)23-13-12-19(2,3)4)15-24-21(8,9)17(26)14-20(5,6)7/h17-18,23-24,26H,12-15H2,1-11H3. The van der Waals surface area contributed by atoms with Crippen LogP contribution in [0.15, 0.2) is 0 Å². The number of nitrogens with one attached hydrogen (secondary N) is 2. The fourth-order valence-electron chi connectivity index (χ4n) is 2.83. The zero-order valence-electron chi connectivity index (χ0n) is 19.7. The van der Waals surface area contributed by atoms with Gasteiger partial charge in [0, 0.05) is 19.0 Å². The Bertz CT molecular complexity index is 459. The van der Waals surface area contributed by atoms with Crippen molar-refractivity contribution in [3.63, 3.8) is 0 Å². The van der Waals surface area contributed by atoms with Crippen molar-refractivity contribution < 1.29 is 14.6 Å². The van der Waals surface area contributed by atoms with Crippen LogP contribution in [0, 0.1) is 10.8 Å². The predicted octanol–water partition coefficient (Wildman–Crippen LogP) is 3.89. The monoisotopic (exact) mass is 386 g/mol. The van der Waals surface area contributed by atoms with Crippen molar-refractivity contribution in [1.29, 1.82) is 0 Å². The van der Waals surface area contributed by atoms with Crippen molar-refractivity contribution in [3.05, 3.63) is 0 Å². The maximum Gasteiger partial charge on any atom is 0.303 e. The predicted molar refractivity (Wildman–Crippen MR) is 114 cm³/mol. The van der Waals surface area contributed by atoms with E-state index in [4.69, 9.17) is 4.74 Å². The summed E-state index contributed by atoms with van der Waals surface area (Å²) >= 11 is 0. The molecule has 162 valence electrons. The van der Waals surface area contributed by atoms with Crippen LogP contribution in [-0.2, 0) is 9.53 Å². The van der Waals surface area contributed by atoms with Crippen molar-refractivity contribution in [2.45, 2.75) is 112 Å². The van der Waals surface area contributed by atoms with E-state index in [1.807, 2.05) is 13.8 Å². The van der Waals surface area contributed by atoms with Gasteiger partial charge in [-0.15, -0.1) is 0 Å². The van der Waals surface area contributed by atoms with Crippen LogP contribution in [0.1, 0.15) is 89.0 Å². The van der Waals surface area contributed by atoms with Crippen molar-refractivity contribution in [1.82, 2.24) is 10.6 Å². The van der Waals surface area contributed by atoms with Gasteiger partial charge in [0.05, 0.1) is 11.6 Å². The van der Waals surface area contributed by atoms with Gasteiger partial charge in [-0.2, -0.15) is 0 Å². The molecule has 0 bridgehead atoms. The first-order valence-electron chi connectivity index (χ1n) is 10.2. The number of ether oxygens (including phenoxy) is 1. The smallest absolute Gasteiger partial charge is 0.303 e. The number of aliphatic hydroxyl groups excluding tert-OH is 1. The maximum absolute atomic E-state index is 11.7. The molecule has 0 aliphatic heterocycles. The van der Waals surface area contributed by atoms with Crippen LogP contribution >= 0.6 is 0 Å². The van der Waals surface area contributed by atoms with Crippen molar-refractivity contribution in [3.8, 4) is 0 Å². The highest BCUT2D eigenvalue weighted by molar-refractivity contribution is 5.66. The minimum atomic E-state index is -0.493. The number of carbonyl (C=O) groups excluding carboxylic acids is 1. The molecule has 0 radical (unpaired) electrons. The topological polar surface area (TPSA) is 70.6 Å². The fraction of sp³-hybridized carbons (Fsp3) is 0.955. The second kappa shape index (κ2) is 9.71. The molecule has 0 saturated carbocycles. The second-order valence-electron chi connectivity index (χ2n) is 11.4. The molecule has 0 spiro atoms. The molecule has 0 aliphatic carbocycles. The third-order valence-electron chi connectivity index (χ3n) is 4.95. The summed E-state index contributed by atoms with van der Waals surface area (Å²) in [6.45, 7) is 23.9. The molecule has 0 amide bonds. The lowest BCUT2D eigenvalue weighted by molar-refractivity contribution is -0.150. The van der Waals surface area contributed by atoms with Crippen LogP contribution in [0.5, 0.6) is 0 Å². The first kappa shape index (κ1) is 26.4. The summed E-state index contributed by atoms with van der Waals surface area (Å²) < 4.78 is 5.63. The van der Waals surface area contributed by atoms with Crippen LogP contribution in [0.2, 0.25) is 0 Å². The Labute approximate surface area is 168 Å². The van der Waals surface area contributed by atoms with Crippen LogP contribution < -0.4 is 10.6 Å². The van der Waals surface area contributed by atoms with Crippen molar-refractivity contribution in [2.24, 2.45) is 10.8 Å². The van der Waals surface area contributed by atoms with Gasteiger partial charge in [-0.1, -0.05) is 41.5 Å². The molecule has 0 heterocycles. The molecule has 2 atom stereocenters. The molecule has 3 N–H and O–H groups in total. The van der Waals surface area contributed by atoms with Gasteiger partial charge in [0.2, 0.25) is 0 Å². The molecule has 0 aromatic rings. The molecule has 5 heteroatoms. The summed E-state index contributed by atoms with van der Waals surface area (Å²) in [7, 11) is 0. The molecule has 5 nitrogen and oxygen atoms in total. The van der Waals surface area contributed by atoms with Crippen LogP contribution in [0.25, 0.3) is 0 Å². The van der Waals surface area contributed by atoms with E-state index >= 15 is 0 Å². The lowest BCUT2D eigenvalue weighted by atomic mass is 9.82. The van der Waals surface area contributed by atoms with Crippen LogP contribution in [0.3, 0.4) is 0 Å². The van der Waals surface area contributed by atoms with E-state index in [-0.39, 0.29) is 28.4 Å². The van der Waals surface area contributed by atoms with E-state index in [1.165, 1.54) is 6.92 Å². The summed E-state index contributed by atoms with van der Waals surface area (Å²) in [4.78, 5) is 11.7. The van der Waals surface area contributed by atoms with E-state index in [0.29, 0.717) is 13.0 Å². The van der Waals surface area contributed by atoms with E-state index < -0.39 is 11.6 Å². The molecular weight excluding hydrogens is 340 g/mol. The van der Waals surface area contributed by atoms with Gasteiger partial charge in [0.15, 0.2) is 0 Å². The Morgan fingerprint density at radius 1 is 0.889 bits per heavy atom. The first-order valence-corrected chi connectivity index (χ1v) is 10.2. The van der Waals surface area contributed by atoms with Gasteiger partial charge >= 0.3 is 5.97 Å². The van der Waals surface area contributed by atoms with Gasteiger partial charge in [-0.05, 0) is 57.9 Å². The van der Waals surface area contributed by atoms with Crippen molar-refractivity contribution >= 4 is 5.97 Å². The van der Waals surface area contributed by atoms with Crippen LogP contribution in [0.4, 0.5) is 0 Å². The van der Waals surface area contributed by atoms with E-state index in [0.717, 1.165) is 13.0 Å². The average molecular weight is 387 g/mol. The lowest BCUT2D eigenvalue weighted by Gasteiger charge is -2.40. The number of esters is 1. The lowest BCUT2D eigenvalue weighted by Crippen LogP contribution is -2.60. The van der Waals surface area contributed by atoms with E-state index in [2.05, 4.69) is 66.0 Å². The van der Waals surface area contributed by atoms with Gasteiger partial charge < -0.3 is 20.5 Å². The summed E-state index contributed by atoms with van der Waals surface area (Å²) in [5, 5.41) is 17.6. The molecular formula is C22H46N2O3. The fourth-order valence-corrected chi connectivity index (χ4v) is 2.83. The largest absolute Gasteiger partial charge is 0.459 e. The molecule has 0 saturated heterocycles. The molecule has 0 rings (SSSR count). The average Bonchev–Trinajstić information content (AvgIpc) is 2.39. The molecule has 0 aromatic heterocycles. The first-order chi connectivity index (χ1) is 11.9. The number of hydrogen-bond donors (Lipinski definition) is 3. The summed E-state index contributed by atoms with van der Waals surface area (Å²) in [5.74, 6) is -0.291. The third-order valence-corrected chi connectivity index (χ3v) is 4.95. The highest BCUT2D eigenvalue weighted by Crippen LogP contribution is 2.26. The maximum atomic E-state index is 11.7. The number of carbonyl (C=O) groups is 1. The Balaban J connectivity index is 5.01. The van der Waals surface area contributed by atoms with Gasteiger partial charge in [-0.3, -0.25) is 4.79 Å². The zero-order valence-corrected chi connectivity index (χ0v) is 19.7. The van der Waals surface area contributed by atoms with Gasteiger partial charge in [0.1, 0.15) is 6.10 Å². The molecule has 0 aromatic carbocycles. The third kappa shape index (κ3) is 11.7. The number of hydrogen-bond acceptors (Lipinski definition) is 5. The Morgan fingerprint density at radius 2 is 1.41 bits per heavy atom. The minimum Gasteiger partial charge on any atom is -0.459 e. The highest BCUT2D eigenvalue weighted by Gasteiger charge is 2.36. The van der Waals surface area contributed by atoms with Gasteiger partial charge in [0.25, 0.3) is 0 Å². The molecule has 0 aliphatic rings. The number of aliphatic hydroxyl groups is 1. The quantitative estimate of drug-likeness (QED) is 0.497. The minimum absolute atomic E-state index is 0.0431. The van der Waals surface area contributed by atoms with E-state index in [1.54, 1.807) is 0 Å². The Morgan fingerprint density at radius 3 is 1.81 bits per heavy atom. The molecule has 27 heavy (non-hydrogen) atoms. The number of rotatable bonds is 10. The highest BCUT2D eigenvalue weighted by atomic mass is 16.5. The normalized spacial score (nSPS) is 16.1. The van der Waals surface area contributed by atoms with Gasteiger partial charge in [-0.25, -0.2) is 0 Å². The Kier molecular flexibility index (Phi) is 9.47. The zero-order chi connectivity index (χ0) is 21.7. The SMILES string of the molecule is CC(=O)OC(CNC(C)(C)C(O)CC(C)(C)C)C(C)(C)NCCC(C)(C)C. The Hall–Kier alpha value is -0.650. The summed E-state index contributed by atoms with van der Waals surface area (Å²) in [6.07, 6.45) is 0.897. The second-order valence-corrected chi connectivity index (χ2v) is 11.4. The molecule has 0 fully saturated rings.